The number of carboxylic acid groups (broad SMARTS) is 1. The Morgan fingerprint density at radius 2 is 1.90 bits per heavy atom. The van der Waals surface area contributed by atoms with Crippen LogP contribution in [0.25, 0.3) is 0 Å². The van der Waals surface area contributed by atoms with Gasteiger partial charge < -0.3 is 20.5 Å². The molecule has 0 aliphatic carbocycles. The standard InChI is InChI=1S/C11H20N2O6S/c1-2-20(17,18)8-5-12-10(16)13-11(9(14)15)3-6-19-7-4-11/h2-8H2,1H3,(H,14,15)(H2,12,13,16). The number of carbonyl (C=O) groups excluding carboxylic acids is 1. The van der Waals surface area contributed by atoms with Crippen molar-refractivity contribution in [1.29, 1.82) is 0 Å². The lowest BCUT2D eigenvalue weighted by molar-refractivity contribution is -0.148. The second-order valence-electron chi connectivity index (χ2n) is 4.62. The van der Waals surface area contributed by atoms with Crippen molar-refractivity contribution in [2.45, 2.75) is 25.3 Å². The fourth-order valence-electron chi connectivity index (χ4n) is 1.84. The molecule has 116 valence electrons. The van der Waals surface area contributed by atoms with E-state index in [9.17, 15) is 23.1 Å². The maximum absolute atomic E-state index is 11.7. The number of ether oxygens (including phenoxy) is 1. The molecular formula is C11H20N2O6S. The molecular weight excluding hydrogens is 288 g/mol. The summed E-state index contributed by atoms with van der Waals surface area (Å²) in [5.74, 6) is -1.27. The zero-order valence-corrected chi connectivity index (χ0v) is 12.2. The van der Waals surface area contributed by atoms with E-state index in [0.717, 1.165) is 0 Å². The van der Waals surface area contributed by atoms with Crippen LogP contribution in [0.3, 0.4) is 0 Å². The Hall–Kier alpha value is -1.35. The minimum atomic E-state index is -3.16. The molecule has 2 amide bonds. The normalized spacial score (nSPS) is 18.2. The fourth-order valence-corrected chi connectivity index (χ4v) is 2.54. The van der Waals surface area contributed by atoms with Crippen molar-refractivity contribution in [3.05, 3.63) is 0 Å². The smallest absolute Gasteiger partial charge is 0.329 e. The number of urea groups is 1. The number of sulfone groups is 1. The monoisotopic (exact) mass is 308 g/mol. The molecule has 20 heavy (non-hydrogen) atoms. The predicted molar refractivity (Wildman–Crippen MR) is 71.3 cm³/mol. The number of amides is 2. The summed E-state index contributed by atoms with van der Waals surface area (Å²) in [6.07, 6.45) is 0.367. The largest absolute Gasteiger partial charge is 0.480 e. The average molecular weight is 308 g/mol. The predicted octanol–water partition coefficient (Wildman–Crippen LogP) is -0.646. The zero-order valence-electron chi connectivity index (χ0n) is 11.3. The molecule has 0 unspecified atom stereocenters. The van der Waals surface area contributed by atoms with Gasteiger partial charge in [-0.25, -0.2) is 18.0 Å². The van der Waals surface area contributed by atoms with Gasteiger partial charge in [0.25, 0.3) is 0 Å². The van der Waals surface area contributed by atoms with Gasteiger partial charge in [-0.05, 0) is 0 Å². The molecule has 9 heteroatoms. The van der Waals surface area contributed by atoms with Gasteiger partial charge in [-0.1, -0.05) is 6.92 Å². The van der Waals surface area contributed by atoms with Crippen LogP contribution in [0.5, 0.6) is 0 Å². The SMILES string of the molecule is CCS(=O)(=O)CCNC(=O)NC1(C(=O)O)CCOCC1. The lowest BCUT2D eigenvalue weighted by Crippen LogP contribution is -2.59. The van der Waals surface area contributed by atoms with Crippen LogP contribution in [0, 0.1) is 0 Å². The van der Waals surface area contributed by atoms with Crippen molar-refractivity contribution < 1.29 is 27.9 Å². The molecule has 3 N–H and O–H groups in total. The van der Waals surface area contributed by atoms with Crippen LogP contribution >= 0.6 is 0 Å². The fraction of sp³-hybridized carbons (Fsp3) is 0.818. The summed E-state index contributed by atoms with van der Waals surface area (Å²) in [4.78, 5) is 23.0. The quantitative estimate of drug-likeness (QED) is 0.599. The maximum atomic E-state index is 11.7. The van der Waals surface area contributed by atoms with Gasteiger partial charge in [-0.3, -0.25) is 0 Å². The average Bonchev–Trinajstić information content (AvgIpc) is 2.39. The Labute approximate surface area is 117 Å². The van der Waals surface area contributed by atoms with Crippen molar-refractivity contribution >= 4 is 21.8 Å². The lowest BCUT2D eigenvalue weighted by Gasteiger charge is -2.33. The molecule has 1 saturated heterocycles. The second kappa shape index (κ2) is 6.89. The summed E-state index contributed by atoms with van der Waals surface area (Å²) < 4.78 is 27.6. The molecule has 1 fully saturated rings. The molecule has 1 rings (SSSR count). The van der Waals surface area contributed by atoms with Gasteiger partial charge in [0.1, 0.15) is 5.54 Å². The molecule has 0 saturated carbocycles. The summed E-state index contributed by atoms with van der Waals surface area (Å²) in [5, 5.41) is 14.0. The Balaban J connectivity index is 2.49. The van der Waals surface area contributed by atoms with Gasteiger partial charge in [0.2, 0.25) is 0 Å². The van der Waals surface area contributed by atoms with Gasteiger partial charge in [0.15, 0.2) is 9.84 Å². The van der Waals surface area contributed by atoms with Crippen molar-refractivity contribution in [3.63, 3.8) is 0 Å². The van der Waals surface area contributed by atoms with Crippen LogP contribution in [0.4, 0.5) is 4.79 Å². The molecule has 0 aromatic rings. The summed E-state index contributed by atoms with van der Waals surface area (Å²) in [6, 6.07) is -0.680. The second-order valence-corrected chi connectivity index (χ2v) is 7.09. The summed E-state index contributed by atoms with van der Waals surface area (Å²) in [7, 11) is -3.16. The number of nitrogens with one attached hydrogen (secondary N) is 2. The first-order chi connectivity index (χ1) is 9.31. The van der Waals surface area contributed by atoms with Crippen molar-refractivity contribution in [3.8, 4) is 0 Å². The van der Waals surface area contributed by atoms with E-state index in [0.29, 0.717) is 0 Å². The van der Waals surface area contributed by atoms with E-state index in [1.807, 2.05) is 0 Å². The Morgan fingerprint density at radius 1 is 1.30 bits per heavy atom. The third-order valence-corrected chi connectivity index (χ3v) is 4.95. The van der Waals surface area contributed by atoms with Crippen LogP contribution in [0.15, 0.2) is 0 Å². The van der Waals surface area contributed by atoms with Gasteiger partial charge in [0, 0.05) is 38.4 Å². The van der Waals surface area contributed by atoms with Crippen LogP contribution in [0.2, 0.25) is 0 Å². The lowest BCUT2D eigenvalue weighted by atomic mass is 9.90. The Morgan fingerprint density at radius 3 is 2.40 bits per heavy atom. The number of hydrogen-bond acceptors (Lipinski definition) is 5. The molecule has 0 atom stereocenters. The van der Waals surface area contributed by atoms with E-state index in [1.165, 1.54) is 6.92 Å². The van der Waals surface area contributed by atoms with E-state index >= 15 is 0 Å². The zero-order chi connectivity index (χ0) is 15.2. The first-order valence-corrected chi connectivity index (χ1v) is 8.21. The first-order valence-electron chi connectivity index (χ1n) is 6.39. The van der Waals surface area contributed by atoms with Crippen LogP contribution in [-0.2, 0) is 19.4 Å². The highest BCUT2D eigenvalue weighted by Crippen LogP contribution is 2.20. The van der Waals surface area contributed by atoms with Gasteiger partial charge in [-0.2, -0.15) is 0 Å². The Bertz CT molecular complexity index is 456. The van der Waals surface area contributed by atoms with Gasteiger partial charge in [-0.15, -0.1) is 0 Å². The number of carboxylic acids is 1. The molecule has 8 nitrogen and oxygen atoms in total. The number of aliphatic carboxylic acids is 1. The van der Waals surface area contributed by atoms with Crippen molar-refractivity contribution in [2.24, 2.45) is 0 Å². The molecule has 0 aromatic heterocycles. The first kappa shape index (κ1) is 16.7. The third kappa shape index (κ3) is 4.64. The number of rotatable bonds is 6. The van der Waals surface area contributed by atoms with E-state index in [1.54, 1.807) is 0 Å². The molecule has 1 aliphatic heterocycles. The van der Waals surface area contributed by atoms with E-state index in [2.05, 4.69) is 10.6 Å². The molecule has 1 aliphatic rings. The van der Waals surface area contributed by atoms with Crippen LogP contribution < -0.4 is 10.6 Å². The van der Waals surface area contributed by atoms with Crippen LogP contribution in [0.1, 0.15) is 19.8 Å². The summed E-state index contributed by atoms with van der Waals surface area (Å²) >= 11 is 0. The van der Waals surface area contributed by atoms with Crippen LogP contribution in [-0.4, -0.2) is 62.3 Å². The minimum Gasteiger partial charge on any atom is -0.480 e. The number of hydrogen-bond donors (Lipinski definition) is 3. The molecule has 0 radical (unpaired) electrons. The van der Waals surface area contributed by atoms with Crippen molar-refractivity contribution in [2.75, 3.05) is 31.3 Å². The highest BCUT2D eigenvalue weighted by atomic mass is 32.2. The maximum Gasteiger partial charge on any atom is 0.329 e. The van der Waals surface area contributed by atoms with Gasteiger partial charge >= 0.3 is 12.0 Å². The summed E-state index contributed by atoms with van der Waals surface area (Å²) in [5.41, 5.74) is -1.34. The molecule has 1 heterocycles. The highest BCUT2D eigenvalue weighted by molar-refractivity contribution is 7.91. The van der Waals surface area contributed by atoms with E-state index in [4.69, 9.17) is 4.74 Å². The molecule has 0 bridgehead atoms. The number of carbonyl (C=O) groups is 2. The van der Waals surface area contributed by atoms with E-state index < -0.39 is 27.4 Å². The molecule has 0 aromatic carbocycles. The van der Waals surface area contributed by atoms with Crippen molar-refractivity contribution in [1.82, 2.24) is 10.6 Å². The van der Waals surface area contributed by atoms with E-state index in [-0.39, 0.29) is 44.1 Å². The van der Waals surface area contributed by atoms with Gasteiger partial charge in [0.05, 0.1) is 5.75 Å². The topological polar surface area (TPSA) is 122 Å². The summed E-state index contributed by atoms with van der Waals surface area (Å²) in [6.45, 7) is 2.00. The molecule has 0 spiro atoms. The highest BCUT2D eigenvalue weighted by Gasteiger charge is 2.41. The Kier molecular flexibility index (Phi) is 5.75. The minimum absolute atomic E-state index is 0.00665. The third-order valence-electron chi connectivity index (χ3n) is 3.25.